The third kappa shape index (κ3) is 1.55. The topological polar surface area (TPSA) is 40.5 Å². The maximum absolute atomic E-state index is 13.1. The van der Waals surface area contributed by atoms with Crippen LogP contribution in [0.25, 0.3) is 0 Å². The smallest absolute Gasteiger partial charge is 0.171 e. The second-order valence-corrected chi connectivity index (χ2v) is 2.87. The van der Waals surface area contributed by atoms with Crippen molar-refractivity contribution in [2.75, 3.05) is 6.61 Å². The lowest BCUT2D eigenvalue weighted by Crippen LogP contribution is -2.03. The van der Waals surface area contributed by atoms with Crippen LogP contribution in [0.5, 0.6) is 5.75 Å². The first-order valence-electron chi connectivity index (χ1n) is 3.96. The highest BCUT2D eigenvalue weighted by Gasteiger charge is 2.21. The molecular formula is C9H9F3O2. The lowest BCUT2D eigenvalue weighted by atomic mass is 10.1. The summed E-state index contributed by atoms with van der Waals surface area (Å²) in [6, 6.07) is 0. The molecule has 0 spiro atoms. The van der Waals surface area contributed by atoms with E-state index >= 15 is 0 Å². The van der Waals surface area contributed by atoms with E-state index in [9.17, 15) is 13.2 Å². The van der Waals surface area contributed by atoms with Crippen LogP contribution in [-0.2, 0) is 6.42 Å². The number of hydrogen-bond acceptors (Lipinski definition) is 2. The van der Waals surface area contributed by atoms with E-state index < -0.39 is 40.9 Å². The Morgan fingerprint density at radius 1 is 1.07 bits per heavy atom. The van der Waals surface area contributed by atoms with Crippen LogP contribution in [0, 0.1) is 24.4 Å². The highest BCUT2D eigenvalue weighted by molar-refractivity contribution is 5.40. The van der Waals surface area contributed by atoms with Gasteiger partial charge in [-0.3, -0.25) is 0 Å². The van der Waals surface area contributed by atoms with Gasteiger partial charge in [0.05, 0.1) is 0 Å². The molecule has 0 aliphatic heterocycles. The van der Waals surface area contributed by atoms with Gasteiger partial charge in [0.15, 0.2) is 23.2 Å². The summed E-state index contributed by atoms with van der Waals surface area (Å²) < 4.78 is 39.0. The molecule has 0 fully saturated rings. The highest BCUT2D eigenvalue weighted by atomic mass is 19.2. The highest BCUT2D eigenvalue weighted by Crippen LogP contribution is 2.29. The Balaban J connectivity index is 3.43. The van der Waals surface area contributed by atoms with Crippen molar-refractivity contribution in [3.8, 4) is 5.75 Å². The van der Waals surface area contributed by atoms with Gasteiger partial charge >= 0.3 is 0 Å². The number of phenols is 1. The molecule has 0 saturated heterocycles. The van der Waals surface area contributed by atoms with Gasteiger partial charge in [-0.15, -0.1) is 0 Å². The van der Waals surface area contributed by atoms with E-state index in [0.29, 0.717) is 0 Å². The van der Waals surface area contributed by atoms with Gasteiger partial charge in [0.25, 0.3) is 0 Å². The molecule has 14 heavy (non-hydrogen) atoms. The van der Waals surface area contributed by atoms with E-state index in [1.807, 2.05) is 0 Å². The lowest BCUT2D eigenvalue weighted by Gasteiger charge is -2.09. The zero-order valence-corrected chi connectivity index (χ0v) is 7.44. The molecule has 0 amide bonds. The number of rotatable bonds is 2. The second-order valence-electron chi connectivity index (χ2n) is 2.87. The minimum atomic E-state index is -1.33. The average Bonchev–Trinajstić information content (AvgIpc) is 2.19. The molecule has 2 N–H and O–H groups in total. The summed E-state index contributed by atoms with van der Waals surface area (Å²) in [5, 5.41) is 17.6. The lowest BCUT2D eigenvalue weighted by molar-refractivity contribution is 0.292. The zero-order valence-electron chi connectivity index (χ0n) is 7.44. The van der Waals surface area contributed by atoms with Gasteiger partial charge in [-0.25, -0.2) is 13.2 Å². The number of aromatic hydroxyl groups is 1. The van der Waals surface area contributed by atoms with Crippen molar-refractivity contribution in [3.63, 3.8) is 0 Å². The number of benzene rings is 1. The summed E-state index contributed by atoms with van der Waals surface area (Å²) in [6.45, 7) is 0.530. The van der Waals surface area contributed by atoms with Gasteiger partial charge in [0.2, 0.25) is 0 Å². The van der Waals surface area contributed by atoms with E-state index in [0.717, 1.165) is 6.92 Å². The Hall–Kier alpha value is -1.23. The van der Waals surface area contributed by atoms with Crippen LogP contribution in [0.15, 0.2) is 0 Å². The van der Waals surface area contributed by atoms with E-state index in [4.69, 9.17) is 10.2 Å². The van der Waals surface area contributed by atoms with Crippen LogP contribution < -0.4 is 0 Å². The van der Waals surface area contributed by atoms with Crippen LogP contribution in [0.1, 0.15) is 11.1 Å². The third-order valence-electron chi connectivity index (χ3n) is 1.97. The zero-order chi connectivity index (χ0) is 10.9. The molecule has 0 aliphatic carbocycles. The Labute approximate surface area is 78.6 Å². The number of aliphatic hydroxyl groups is 1. The van der Waals surface area contributed by atoms with Crippen molar-refractivity contribution < 1.29 is 23.4 Å². The molecule has 0 heterocycles. The molecule has 0 atom stereocenters. The van der Waals surface area contributed by atoms with E-state index in [1.54, 1.807) is 0 Å². The third-order valence-corrected chi connectivity index (χ3v) is 1.97. The molecule has 2 nitrogen and oxygen atoms in total. The summed E-state index contributed by atoms with van der Waals surface area (Å²) in [5.41, 5.74) is -1.10. The molecule has 0 saturated carbocycles. The maximum Gasteiger partial charge on any atom is 0.171 e. The molecule has 1 rings (SSSR count). The van der Waals surface area contributed by atoms with Gasteiger partial charge in [-0.05, 0) is 6.92 Å². The molecule has 1 aromatic rings. The molecule has 0 bridgehead atoms. The van der Waals surface area contributed by atoms with Crippen LogP contribution in [-0.4, -0.2) is 16.8 Å². The first-order chi connectivity index (χ1) is 6.50. The predicted octanol–water partition coefficient (Wildman–Crippen LogP) is 1.65. The van der Waals surface area contributed by atoms with Gasteiger partial charge < -0.3 is 10.2 Å². The van der Waals surface area contributed by atoms with Gasteiger partial charge in [0, 0.05) is 24.2 Å². The number of phenolic OH excluding ortho intramolecular Hbond substituents is 1. The number of hydrogen-bond donors (Lipinski definition) is 2. The van der Waals surface area contributed by atoms with E-state index in [2.05, 4.69) is 0 Å². The van der Waals surface area contributed by atoms with Crippen molar-refractivity contribution in [2.45, 2.75) is 13.3 Å². The molecule has 0 aromatic heterocycles. The monoisotopic (exact) mass is 206 g/mol. The van der Waals surface area contributed by atoms with Crippen LogP contribution >= 0.6 is 0 Å². The first kappa shape index (κ1) is 10.8. The molecule has 5 heteroatoms. The van der Waals surface area contributed by atoms with Crippen molar-refractivity contribution >= 4 is 0 Å². The fourth-order valence-electron chi connectivity index (χ4n) is 1.15. The molecule has 78 valence electrons. The second kappa shape index (κ2) is 3.88. The summed E-state index contributed by atoms with van der Waals surface area (Å²) >= 11 is 0. The van der Waals surface area contributed by atoms with Crippen molar-refractivity contribution in [2.24, 2.45) is 0 Å². The molecule has 0 aliphatic rings. The maximum atomic E-state index is 13.1. The quantitative estimate of drug-likeness (QED) is 0.722. The molecule has 0 unspecified atom stereocenters. The number of halogens is 3. The normalized spacial score (nSPS) is 10.6. The standard InChI is InChI=1S/C9H9F3O2/c1-4-6(10)8(12)5(2-3-13)9(14)7(4)11/h13-14H,2-3H2,1H3. The largest absolute Gasteiger partial charge is 0.505 e. The van der Waals surface area contributed by atoms with Crippen LogP contribution in [0.2, 0.25) is 0 Å². The van der Waals surface area contributed by atoms with E-state index in [1.165, 1.54) is 0 Å². The number of aliphatic hydroxyl groups excluding tert-OH is 1. The summed E-state index contributed by atoms with van der Waals surface area (Å²) in [5.74, 6) is -4.76. The predicted molar refractivity (Wildman–Crippen MR) is 43.5 cm³/mol. The summed E-state index contributed by atoms with van der Waals surface area (Å²) in [7, 11) is 0. The average molecular weight is 206 g/mol. The first-order valence-corrected chi connectivity index (χ1v) is 3.96. The van der Waals surface area contributed by atoms with E-state index in [-0.39, 0.29) is 6.42 Å². The van der Waals surface area contributed by atoms with Gasteiger partial charge in [0.1, 0.15) is 0 Å². The van der Waals surface area contributed by atoms with Crippen LogP contribution in [0.3, 0.4) is 0 Å². The van der Waals surface area contributed by atoms with Crippen molar-refractivity contribution in [1.29, 1.82) is 0 Å². The van der Waals surface area contributed by atoms with Crippen molar-refractivity contribution in [1.82, 2.24) is 0 Å². The van der Waals surface area contributed by atoms with Gasteiger partial charge in [-0.1, -0.05) is 0 Å². The summed E-state index contributed by atoms with van der Waals surface area (Å²) in [4.78, 5) is 0. The fraction of sp³-hybridized carbons (Fsp3) is 0.333. The van der Waals surface area contributed by atoms with Gasteiger partial charge in [-0.2, -0.15) is 0 Å². The fourth-order valence-corrected chi connectivity index (χ4v) is 1.15. The van der Waals surface area contributed by atoms with Crippen LogP contribution in [0.4, 0.5) is 13.2 Å². The molecule has 1 aromatic carbocycles. The minimum Gasteiger partial charge on any atom is -0.505 e. The summed E-state index contributed by atoms with van der Waals surface area (Å²) in [6.07, 6.45) is -0.328. The Bertz CT molecular complexity index is 335. The molecular weight excluding hydrogens is 197 g/mol. The minimum absolute atomic E-state index is 0.328. The molecule has 0 radical (unpaired) electrons. The van der Waals surface area contributed by atoms with Crippen molar-refractivity contribution in [3.05, 3.63) is 28.6 Å². The SMILES string of the molecule is Cc1c(F)c(O)c(CCO)c(F)c1F. The Kier molecular flexibility index (Phi) is 3.00. The Morgan fingerprint density at radius 3 is 2.14 bits per heavy atom. The Morgan fingerprint density at radius 2 is 1.64 bits per heavy atom.